The van der Waals surface area contributed by atoms with Crippen molar-refractivity contribution >= 4 is 44.7 Å². The predicted octanol–water partition coefficient (Wildman–Crippen LogP) is 4.09. The lowest BCUT2D eigenvalue weighted by Crippen LogP contribution is -2.11. The van der Waals surface area contributed by atoms with Gasteiger partial charge in [-0.2, -0.15) is 10.2 Å². The molecule has 0 saturated heterocycles. The molecule has 0 aliphatic heterocycles. The summed E-state index contributed by atoms with van der Waals surface area (Å²) in [5.74, 6) is -2.68. The molecule has 12 heteroatoms. The van der Waals surface area contributed by atoms with Crippen LogP contribution in [0.2, 0.25) is 0 Å². The van der Waals surface area contributed by atoms with Gasteiger partial charge in [0.25, 0.3) is 5.91 Å². The van der Waals surface area contributed by atoms with E-state index in [1.807, 2.05) is 18.2 Å². The number of nitrogens with zero attached hydrogens (tertiary/aromatic N) is 5. The minimum absolute atomic E-state index is 0.0860. The number of hydrogen-bond acceptors (Lipinski definition) is 7. The molecule has 5 rings (SSSR count). The van der Waals surface area contributed by atoms with Crippen LogP contribution in [0.5, 0.6) is 0 Å². The Balaban J connectivity index is 1.40. The molecule has 0 bridgehead atoms. The molecule has 0 fully saturated rings. The lowest BCUT2D eigenvalue weighted by atomic mass is 10.1. The predicted molar refractivity (Wildman–Crippen MR) is 116 cm³/mol. The fraction of sp³-hybridized carbons (Fsp3) is 0.0500. The van der Waals surface area contributed by atoms with Crippen molar-refractivity contribution in [2.75, 3.05) is 10.6 Å². The zero-order valence-corrected chi connectivity index (χ0v) is 17.2. The molecule has 2 aromatic carbocycles. The Morgan fingerprint density at radius 1 is 1.12 bits per heavy atom. The van der Waals surface area contributed by atoms with Crippen LogP contribution in [0, 0.1) is 11.6 Å². The van der Waals surface area contributed by atoms with E-state index < -0.39 is 17.5 Å². The van der Waals surface area contributed by atoms with Crippen molar-refractivity contribution in [1.82, 2.24) is 30.2 Å². The highest BCUT2D eigenvalue weighted by Gasteiger charge is 2.18. The van der Waals surface area contributed by atoms with Crippen LogP contribution < -0.4 is 10.6 Å². The number of rotatable bonds is 5. The number of H-pyrrole nitrogens is 1. The smallest absolute Gasteiger partial charge is 0.258 e. The number of nitrogens with one attached hydrogen (secondary N) is 3. The molecule has 1 amide bonds. The van der Waals surface area contributed by atoms with Crippen LogP contribution in [-0.4, -0.2) is 36.1 Å². The summed E-state index contributed by atoms with van der Waals surface area (Å²) in [5, 5.41) is 25.8. The molecule has 160 valence electrons. The third-order valence-corrected chi connectivity index (χ3v) is 5.47. The Labute approximate surface area is 183 Å². The normalized spacial score (nSPS) is 11.1. The number of aryl methyl sites for hydroxylation is 1. The highest BCUT2D eigenvalue weighted by molar-refractivity contribution is 7.18. The van der Waals surface area contributed by atoms with E-state index in [0.717, 1.165) is 34.0 Å². The van der Waals surface area contributed by atoms with E-state index in [9.17, 15) is 13.6 Å². The molecule has 3 aromatic heterocycles. The second-order valence-corrected chi connectivity index (χ2v) is 7.86. The first kappa shape index (κ1) is 19.8. The number of carbonyl (C=O) groups excluding carboxylic acids is 1. The van der Waals surface area contributed by atoms with Crippen molar-refractivity contribution in [3.63, 3.8) is 0 Å². The summed E-state index contributed by atoms with van der Waals surface area (Å²) in [6.07, 6.45) is 4.58. The van der Waals surface area contributed by atoms with Crippen LogP contribution in [0.4, 0.5) is 25.3 Å². The summed E-state index contributed by atoms with van der Waals surface area (Å²) in [4.78, 5) is 12.3. The first-order chi connectivity index (χ1) is 15.5. The molecular weight excluding hydrogens is 438 g/mol. The Morgan fingerprint density at radius 3 is 2.81 bits per heavy atom. The molecule has 0 atom stereocenters. The fourth-order valence-corrected chi connectivity index (χ4v) is 3.86. The van der Waals surface area contributed by atoms with Crippen molar-refractivity contribution in [2.45, 2.75) is 0 Å². The van der Waals surface area contributed by atoms with E-state index in [-0.39, 0.29) is 21.8 Å². The maximum Gasteiger partial charge on any atom is 0.258 e. The summed E-state index contributed by atoms with van der Waals surface area (Å²) in [6.45, 7) is 0. The third-order valence-electron chi connectivity index (χ3n) is 4.60. The number of anilines is 3. The van der Waals surface area contributed by atoms with Crippen molar-refractivity contribution in [2.24, 2.45) is 7.05 Å². The van der Waals surface area contributed by atoms with Crippen LogP contribution in [0.25, 0.3) is 21.5 Å². The Morgan fingerprint density at radius 2 is 2.00 bits per heavy atom. The van der Waals surface area contributed by atoms with Crippen LogP contribution >= 0.6 is 11.3 Å². The van der Waals surface area contributed by atoms with Crippen LogP contribution in [-0.2, 0) is 7.05 Å². The number of benzene rings is 2. The Hall–Kier alpha value is -4.19. The molecule has 32 heavy (non-hydrogen) atoms. The summed E-state index contributed by atoms with van der Waals surface area (Å²) in [7, 11) is 1.67. The van der Waals surface area contributed by atoms with Gasteiger partial charge in [-0.3, -0.25) is 14.6 Å². The standard InChI is InChI=1S/C20H14F2N8OS/c1-30-9-11(8-24-30)18(31)25-13-5-14(17(22)15(21)6-13)19-28-29-20(32-19)26-12-2-3-16-10(4-12)7-23-27-16/h2-9H,1H3,(H,23,27)(H,25,31)(H,26,29). The van der Waals surface area contributed by atoms with E-state index in [2.05, 4.69) is 36.1 Å². The Bertz CT molecular complexity index is 1460. The molecule has 0 radical (unpaired) electrons. The zero-order valence-electron chi connectivity index (χ0n) is 16.4. The molecule has 0 aliphatic rings. The van der Waals surface area contributed by atoms with E-state index >= 15 is 0 Å². The monoisotopic (exact) mass is 452 g/mol. The summed E-state index contributed by atoms with van der Waals surface area (Å²) in [5.41, 5.74) is 1.89. The van der Waals surface area contributed by atoms with Gasteiger partial charge in [0.15, 0.2) is 16.6 Å². The van der Waals surface area contributed by atoms with Gasteiger partial charge in [0.1, 0.15) is 0 Å². The molecule has 0 saturated carbocycles. The molecular formula is C20H14F2N8OS. The number of amides is 1. The second-order valence-electron chi connectivity index (χ2n) is 6.89. The van der Waals surface area contributed by atoms with Gasteiger partial charge in [0.05, 0.1) is 29.0 Å². The van der Waals surface area contributed by atoms with E-state index in [0.29, 0.717) is 5.13 Å². The average Bonchev–Trinajstić information content (AvgIpc) is 3.51. The third kappa shape index (κ3) is 3.78. The van der Waals surface area contributed by atoms with Gasteiger partial charge in [-0.05, 0) is 24.3 Å². The molecule has 5 aromatic rings. The van der Waals surface area contributed by atoms with Gasteiger partial charge in [-0.1, -0.05) is 11.3 Å². The van der Waals surface area contributed by atoms with E-state index in [1.54, 1.807) is 13.2 Å². The van der Waals surface area contributed by atoms with Gasteiger partial charge in [0.2, 0.25) is 5.13 Å². The molecule has 9 nitrogen and oxygen atoms in total. The van der Waals surface area contributed by atoms with Crippen molar-refractivity contribution in [3.8, 4) is 10.6 Å². The number of fused-ring (bicyclic) bond motifs is 1. The summed E-state index contributed by atoms with van der Waals surface area (Å²) in [6, 6.07) is 7.78. The minimum Gasteiger partial charge on any atom is -0.330 e. The maximum absolute atomic E-state index is 14.5. The van der Waals surface area contributed by atoms with Crippen LogP contribution in [0.15, 0.2) is 48.9 Å². The van der Waals surface area contributed by atoms with Crippen LogP contribution in [0.3, 0.4) is 0 Å². The molecule has 0 unspecified atom stereocenters. The highest BCUT2D eigenvalue weighted by atomic mass is 32.1. The van der Waals surface area contributed by atoms with Crippen molar-refractivity contribution in [1.29, 1.82) is 0 Å². The lowest BCUT2D eigenvalue weighted by molar-refractivity contribution is 0.102. The van der Waals surface area contributed by atoms with E-state index in [1.165, 1.54) is 23.1 Å². The summed E-state index contributed by atoms with van der Waals surface area (Å²) >= 11 is 1.05. The van der Waals surface area contributed by atoms with E-state index in [4.69, 9.17) is 0 Å². The quantitative estimate of drug-likeness (QED) is 0.370. The second kappa shape index (κ2) is 7.81. The van der Waals surface area contributed by atoms with Gasteiger partial charge in [0, 0.05) is 36.1 Å². The Kier molecular flexibility index (Phi) is 4.82. The first-order valence-electron chi connectivity index (χ1n) is 9.29. The highest BCUT2D eigenvalue weighted by Crippen LogP contribution is 2.33. The van der Waals surface area contributed by atoms with Crippen molar-refractivity contribution < 1.29 is 13.6 Å². The summed E-state index contributed by atoms with van der Waals surface area (Å²) < 4.78 is 30.2. The molecule has 3 N–H and O–H groups in total. The maximum atomic E-state index is 14.5. The van der Waals surface area contributed by atoms with Gasteiger partial charge >= 0.3 is 0 Å². The molecule has 0 spiro atoms. The zero-order chi connectivity index (χ0) is 22.2. The minimum atomic E-state index is -1.11. The fourth-order valence-electron chi connectivity index (χ4n) is 3.09. The van der Waals surface area contributed by atoms with Gasteiger partial charge in [-0.25, -0.2) is 8.78 Å². The SMILES string of the molecule is Cn1cc(C(=O)Nc2cc(F)c(F)c(-c3nnc(Nc4ccc5[nH]ncc5c4)s3)c2)cn1. The van der Waals surface area contributed by atoms with Gasteiger partial charge < -0.3 is 10.6 Å². The van der Waals surface area contributed by atoms with Gasteiger partial charge in [-0.15, -0.1) is 10.2 Å². The van der Waals surface area contributed by atoms with Crippen LogP contribution in [0.1, 0.15) is 10.4 Å². The number of carbonyl (C=O) groups is 1. The number of halogens is 2. The average molecular weight is 452 g/mol. The van der Waals surface area contributed by atoms with Crippen molar-refractivity contribution in [3.05, 3.63) is 66.1 Å². The number of aromatic amines is 1. The lowest BCUT2D eigenvalue weighted by Gasteiger charge is -2.07. The first-order valence-corrected chi connectivity index (χ1v) is 10.1. The number of hydrogen-bond donors (Lipinski definition) is 3. The molecule has 0 aliphatic carbocycles. The molecule has 3 heterocycles. The topological polar surface area (TPSA) is 113 Å². The number of aromatic nitrogens is 6. The largest absolute Gasteiger partial charge is 0.330 e.